The Morgan fingerprint density at radius 3 is 2.25 bits per heavy atom. The lowest BCUT2D eigenvalue weighted by Crippen LogP contribution is -2.17. The molecular weight excluding hydrogens is 279 g/mol. The average molecular weight is 294 g/mol. The van der Waals surface area contributed by atoms with Crippen molar-refractivity contribution in [2.45, 2.75) is 11.9 Å². The Morgan fingerprint density at radius 1 is 1.00 bits per heavy atom. The average Bonchev–Trinajstić information content (AvgIpc) is 2.41. The third-order valence-corrected chi connectivity index (χ3v) is 4.50. The Labute approximate surface area is 117 Å². The molecule has 0 spiro atoms. The third kappa shape index (κ3) is 3.88. The highest BCUT2D eigenvalue weighted by Gasteiger charge is 2.20. The van der Waals surface area contributed by atoms with Crippen LogP contribution < -0.4 is 0 Å². The van der Waals surface area contributed by atoms with Gasteiger partial charge >= 0.3 is 0 Å². The van der Waals surface area contributed by atoms with Gasteiger partial charge in [-0.15, -0.1) is 0 Å². The van der Waals surface area contributed by atoms with Crippen LogP contribution in [0.25, 0.3) is 0 Å². The summed E-state index contributed by atoms with van der Waals surface area (Å²) in [7, 11) is -3.59. The molecule has 0 bridgehead atoms. The first-order valence-corrected chi connectivity index (χ1v) is 7.97. The maximum Gasteiger partial charge on any atom is 0.157 e. The summed E-state index contributed by atoms with van der Waals surface area (Å²) in [6.45, 7) is 0. The lowest BCUT2D eigenvalue weighted by atomic mass is 10.1. The summed E-state index contributed by atoms with van der Waals surface area (Å²) in [4.78, 5) is 0. The summed E-state index contributed by atoms with van der Waals surface area (Å²) in [6.07, 6.45) is -1.10. The molecule has 20 heavy (non-hydrogen) atoms. The number of benzene rings is 2. The van der Waals surface area contributed by atoms with E-state index in [0.717, 1.165) is 0 Å². The van der Waals surface area contributed by atoms with E-state index in [0.29, 0.717) is 5.56 Å². The first-order valence-electron chi connectivity index (χ1n) is 6.15. The quantitative estimate of drug-likeness (QED) is 0.921. The van der Waals surface area contributed by atoms with Crippen LogP contribution in [-0.2, 0) is 15.6 Å². The lowest BCUT2D eigenvalue weighted by molar-refractivity contribution is 0.201. The number of aliphatic hydroxyl groups excluding tert-OH is 1. The molecule has 0 aliphatic rings. The molecule has 0 amide bonds. The number of halogens is 1. The van der Waals surface area contributed by atoms with E-state index in [9.17, 15) is 17.9 Å². The standard InChI is InChI=1S/C15H15FO3S/c16-14-9-5-4-8-13(14)10-20(18,19)11-15(17)12-6-2-1-3-7-12/h1-9,15,17H,10-11H2. The zero-order valence-corrected chi connectivity index (χ0v) is 11.6. The maximum absolute atomic E-state index is 13.5. The molecule has 0 aliphatic heterocycles. The van der Waals surface area contributed by atoms with Crippen molar-refractivity contribution < 1.29 is 17.9 Å². The van der Waals surface area contributed by atoms with E-state index in [1.807, 2.05) is 0 Å². The van der Waals surface area contributed by atoms with Crippen molar-refractivity contribution in [2.75, 3.05) is 5.75 Å². The predicted molar refractivity (Wildman–Crippen MR) is 75.3 cm³/mol. The van der Waals surface area contributed by atoms with E-state index < -0.39 is 33.3 Å². The summed E-state index contributed by atoms with van der Waals surface area (Å²) in [5.41, 5.74) is 0.650. The van der Waals surface area contributed by atoms with Gasteiger partial charge in [-0.1, -0.05) is 48.5 Å². The Balaban J connectivity index is 2.10. The molecule has 5 heteroatoms. The van der Waals surface area contributed by atoms with E-state index in [4.69, 9.17) is 0 Å². The highest BCUT2D eigenvalue weighted by Crippen LogP contribution is 2.18. The highest BCUT2D eigenvalue weighted by atomic mass is 32.2. The topological polar surface area (TPSA) is 54.4 Å². The molecule has 0 aliphatic carbocycles. The minimum Gasteiger partial charge on any atom is -0.387 e. The number of hydrogen-bond acceptors (Lipinski definition) is 3. The van der Waals surface area contributed by atoms with Gasteiger partial charge in [0.1, 0.15) is 5.82 Å². The fraction of sp³-hybridized carbons (Fsp3) is 0.200. The Morgan fingerprint density at radius 2 is 1.60 bits per heavy atom. The van der Waals surface area contributed by atoms with E-state index in [1.54, 1.807) is 36.4 Å². The van der Waals surface area contributed by atoms with Crippen molar-refractivity contribution in [3.8, 4) is 0 Å². The van der Waals surface area contributed by atoms with Crippen molar-refractivity contribution >= 4 is 9.84 Å². The van der Waals surface area contributed by atoms with E-state index in [1.165, 1.54) is 18.2 Å². The van der Waals surface area contributed by atoms with Crippen LogP contribution in [0.4, 0.5) is 4.39 Å². The molecule has 1 atom stereocenters. The van der Waals surface area contributed by atoms with Crippen LogP contribution in [0.3, 0.4) is 0 Å². The molecule has 3 nitrogen and oxygen atoms in total. The minimum absolute atomic E-state index is 0.118. The normalized spacial score (nSPS) is 13.1. The second-order valence-electron chi connectivity index (χ2n) is 4.57. The smallest absolute Gasteiger partial charge is 0.157 e. The van der Waals surface area contributed by atoms with Gasteiger partial charge in [0.2, 0.25) is 0 Å². The highest BCUT2D eigenvalue weighted by molar-refractivity contribution is 7.90. The van der Waals surface area contributed by atoms with Gasteiger partial charge in [0, 0.05) is 5.56 Å². The van der Waals surface area contributed by atoms with Gasteiger partial charge in [0.25, 0.3) is 0 Å². The van der Waals surface area contributed by atoms with Crippen molar-refractivity contribution in [3.05, 3.63) is 71.5 Å². The fourth-order valence-electron chi connectivity index (χ4n) is 1.92. The minimum atomic E-state index is -3.59. The van der Waals surface area contributed by atoms with Crippen LogP contribution in [0.15, 0.2) is 54.6 Å². The molecule has 1 N–H and O–H groups in total. The van der Waals surface area contributed by atoms with Crippen molar-refractivity contribution in [3.63, 3.8) is 0 Å². The lowest BCUT2D eigenvalue weighted by Gasteiger charge is -2.12. The van der Waals surface area contributed by atoms with Gasteiger partial charge in [0.05, 0.1) is 17.6 Å². The molecule has 0 saturated carbocycles. The summed E-state index contributed by atoms with van der Waals surface area (Å²) >= 11 is 0. The molecule has 2 aromatic rings. The van der Waals surface area contributed by atoms with Crippen molar-refractivity contribution in [2.24, 2.45) is 0 Å². The fourth-order valence-corrected chi connectivity index (χ4v) is 3.42. The monoisotopic (exact) mass is 294 g/mol. The zero-order chi connectivity index (χ0) is 14.6. The SMILES string of the molecule is O=S(=O)(Cc1ccccc1F)CC(O)c1ccccc1. The molecule has 0 fully saturated rings. The molecular formula is C15H15FO3S. The van der Waals surface area contributed by atoms with Crippen LogP contribution in [0, 0.1) is 5.82 Å². The summed E-state index contributed by atoms with van der Waals surface area (Å²) in [6, 6.07) is 14.3. The van der Waals surface area contributed by atoms with Gasteiger partial charge in [-0.05, 0) is 11.6 Å². The largest absolute Gasteiger partial charge is 0.387 e. The van der Waals surface area contributed by atoms with Gasteiger partial charge < -0.3 is 5.11 Å². The molecule has 106 valence electrons. The number of rotatable bonds is 5. The molecule has 2 rings (SSSR count). The Bertz CT molecular complexity index is 669. The number of hydrogen-bond donors (Lipinski definition) is 1. The molecule has 0 radical (unpaired) electrons. The summed E-state index contributed by atoms with van der Waals surface area (Å²) in [5.74, 6) is -1.39. The van der Waals surface area contributed by atoms with E-state index in [2.05, 4.69) is 0 Å². The molecule has 2 aromatic carbocycles. The Kier molecular flexibility index (Phi) is 4.52. The van der Waals surface area contributed by atoms with Crippen molar-refractivity contribution in [1.82, 2.24) is 0 Å². The molecule has 0 aromatic heterocycles. The molecule has 0 saturated heterocycles. The first kappa shape index (κ1) is 14.7. The van der Waals surface area contributed by atoms with Crippen LogP contribution in [0.1, 0.15) is 17.2 Å². The number of aliphatic hydroxyl groups is 1. The van der Waals surface area contributed by atoms with Crippen LogP contribution in [-0.4, -0.2) is 19.3 Å². The zero-order valence-electron chi connectivity index (χ0n) is 10.7. The van der Waals surface area contributed by atoms with Crippen LogP contribution in [0.2, 0.25) is 0 Å². The van der Waals surface area contributed by atoms with Gasteiger partial charge in [-0.3, -0.25) is 0 Å². The summed E-state index contributed by atoms with van der Waals surface area (Å²) < 4.78 is 37.5. The van der Waals surface area contributed by atoms with E-state index >= 15 is 0 Å². The Hall–Kier alpha value is -1.72. The molecule has 0 heterocycles. The maximum atomic E-state index is 13.5. The number of sulfone groups is 1. The van der Waals surface area contributed by atoms with Gasteiger partial charge in [-0.2, -0.15) is 0 Å². The van der Waals surface area contributed by atoms with Crippen molar-refractivity contribution in [1.29, 1.82) is 0 Å². The summed E-state index contributed by atoms with van der Waals surface area (Å²) in [5, 5.41) is 9.93. The third-order valence-electron chi connectivity index (χ3n) is 2.93. The van der Waals surface area contributed by atoms with Crippen LogP contribution in [0.5, 0.6) is 0 Å². The van der Waals surface area contributed by atoms with E-state index in [-0.39, 0.29) is 5.56 Å². The second-order valence-corrected chi connectivity index (χ2v) is 6.68. The van der Waals surface area contributed by atoms with Gasteiger partial charge in [-0.25, -0.2) is 12.8 Å². The van der Waals surface area contributed by atoms with Crippen LogP contribution >= 0.6 is 0 Å². The predicted octanol–water partition coefficient (Wildman–Crippen LogP) is 2.47. The molecule has 1 unspecified atom stereocenters. The second kappa shape index (κ2) is 6.15. The van der Waals surface area contributed by atoms with Gasteiger partial charge in [0.15, 0.2) is 9.84 Å². The first-order chi connectivity index (χ1) is 9.48.